The summed E-state index contributed by atoms with van der Waals surface area (Å²) < 4.78 is 10.8. The largest absolute Gasteiger partial charge is 0.507 e. The van der Waals surface area contributed by atoms with Gasteiger partial charge in [0.25, 0.3) is 0 Å². The Bertz CT molecular complexity index is 893. The smallest absolute Gasteiger partial charge is 0.341 e. The van der Waals surface area contributed by atoms with Gasteiger partial charge in [-0.25, -0.2) is 9.59 Å². The van der Waals surface area contributed by atoms with E-state index in [0.29, 0.717) is 19.0 Å². The summed E-state index contributed by atoms with van der Waals surface area (Å²) in [6, 6.07) is 11.7. The van der Waals surface area contributed by atoms with Crippen LogP contribution in [-0.2, 0) is 11.2 Å². The molecule has 6 heteroatoms. The molecule has 0 atom stereocenters. The van der Waals surface area contributed by atoms with Gasteiger partial charge in [0.15, 0.2) is 0 Å². The summed E-state index contributed by atoms with van der Waals surface area (Å²) in [6.07, 6.45) is 12.2. The lowest BCUT2D eigenvalue weighted by Crippen LogP contribution is -2.07. The topological polar surface area (TPSA) is 93.1 Å². The van der Waals surface area contributed by atoms with Crippen LogP contribution in [0.2, 0.25) is 0 Å². The number of rotatable bonds is 16. The van der Waals surface area contributed by atoms with Crippen molar-refractivity contribution < 1.29 is 29.3 Å². The number of unbranched alkanes of at least 4 members (excludes halogenated alkanes) is 8. The zero-order chi connectivity index (χ0) is 26.6. The first-order chi connectivity index (χ1) is 17.5. The summed E-state index contributed by atoms with van der Waals surface area (Å²) in [5, 5.41) is 18.6. The molecule has 0 radical (unpaired) electrons. The number of benzene rings is 2. The van der Waals surface area contributed by atoms with Gasteiger partial charge in [0.05, 0.1) is 13.2 Å². The summed E-state index contributed by atoms with van der Waals surface area (Å²) >= 11 is 0. The molecule has 0 saturated heterocycles. The van der Waals surface area contributed by atoms with Crippen molar-refractivity contribution in [3.8, 4) is 11.5 Å². The molecule has 0 bridgehead atoms. The Hall–Kier alpha value is -3.02. The first kappa shape index (κ1) is 31.0. The van der Waals surface area contributed by atoms with Crippen molar-refractivity contribution in [2.75, 3.05) is 13.2 Å². The van der Waals surface area contributed by atoms with E-state index in [2.05, 4.69) is 13.8 Å². The van der Waals surface area contributed by atoms with Gasteiger partial charge in [0.2, 0.25) is 0 Å². The summed E-state index contributed by atoms with van der Waals surface area (Å²) in [5.41, 5.74) is 1.47. The summed E-state index contributed by atoms with van der Waals surface area (Å²) in [4.78, 5) is 22.8. The Kier molecular flexibility index (Phi) is 16.5. The molecule has 0 aliphatic carbocycles. The van der Waals surface area contributed by atoms with Crippen molar-refractivity contribution in [1.82, 2.24) is 0 Å². The van der Waals surface area contributed by atoms with Crippen LogP contribution in [0.5, 0.6) is 11.5 Å². The third-order valence-corrected chi connectivity index (χ3v) is 5.81. The Balaban J connectivity index is 0.000000360. The van der Waals surface area contributed by atoms with Crippen molar-refractivity contribution in [2.24, 2.45) is 0 Å². The lowest BCUT2D eigenvalue weighted by molar-refractivity contribution is 0.0494. The van der Waals surface area contributed by atoms with Crippen LogP contribution >= 0.6 is 0 Å². The number of carboxylic acid groups (broad SMARTS) is 1. The van der Waals surface area contributed by atoms with E-state index in [1.807, 2.05) is 13.0 Å². The molecule has 200 valence electrons. The number of aromatic hydroxyl groups is 1. The van der Waals surface area contributed by atoms with Crippen molar-refractivity contribution in [3.05, 3.63) is 59.2 Å². The molecule has 0 aliphatic heterocycles. The standard InChI is InChI=1S/2C15H22O3/c1-3-5-6-7-11-18-14-12(4-2)9-8-10-13(14)15(16)17;1-2-3-4-5-6-9-12-18-15(17)13-10-7-8-11-14(13)16/h8-10H,3-7,11H2,1-2H3,(H,16,17);7-8,10-11,16H,2-6,9,12H2,1H3. The van der Waals surface area contributed by atoms with Crippen LogP contribution in [0.3, 0.4) is 0 Å². The molecule has 36 heavy (non-hydrogen) atoms. The minimum absolute atomic E-state index is 0.0227. The molecule has 0 fully saturated rings. The quantitative estimate of drug-likeness (QED) is 0.180. The van der Waals surface area contributed by atoms with Crippen molar-refractivity contribution in [2.45, 2.75) is 91.4 Å². The number of aromatic carboxylic acids is 1. The minimum Gasteiger partial charge on any atom is -0.507 e. The van der Waals surface area contributed by atoms with E-state index in [0.717, 1.165) is 37.7 Å². The average molecular weight is 501 g/mol. The third kappa shape index (κ3) is 12.1. The van der Waals surface area contributed by atoms with Crippen molar-refractivity contribution in [1.29, 1.82) is 0 Å². The monoisotopic (exact) mass is 500 g/mol. The molecule has 2 rings (SSSR count). The second-order valence-electron chi connectivity index (χ2n) is 8.78. The molecule has 0 spiro atoms. The minimum atomic E-state index is -0.922. The van der Waals surface area contributed by atoms with Crippen LogP contribution in [0.25, 0.3) is 0 Å². The first-order valence-electron chi connectivity index (χ1n) is 13.4. The molecule has 0 aromatic heterocycles. The van der Waals surface area contributed by atoms with E-state index >= 15 is 0 Å². The Morgan fingerprint density at radius 1 is 0.722 bits per heavy atom. The maximum atomic E-state index is 11.6. The predicted molar refractivity (Wildman–Crippen MR) is 144 cm³/mol. The van der Waals surface area contributed by atoms with Crippen LogP contribution < -0.4 is 4.74 Å². The number of ether oxygens (including phenoxy) is 2. The van der Waals surface area contributed by atoms with Crippen LogP contribution in [-0.4, -0.2) is 35.4 Å². The first-order valence-corrected chi connectivity index (χ1v) is 13.4. The van der Waals surface area contributed by atoms with E-state index in [1.54, 1.807) is 30.3 Å². The second-order valence-corrected chi connectivity index (χ2v) is 8.78. The molecule has 0 amide bonds. The van der Waals surface area contributed by atoms with Gasteiger partial charge in [-0.1, -0.05) is 96.4 Å². The van der Waals surface area contributed by atoms with Crippen molar-refractivity contribution in [3.63, 3.8) is 0 Å². The molecule has 6 nitrogen and oxygen atoms in total. The number of hydrogen-bond donors (Lipinski definition) is 2. The highest BCUT2D eigenvalue weighted by Crippen LogP contribution is 2.25. The molecular weight excluding hydrogens is 456 g/mol. The zero-order valence-electron chi connectivity index (χ0n) is 22.3. The van der Waals surface area contributed by atoms with Gasteiger partial charge in [0.1, 0.15) is 22.6 Å². The molecular formula is C30H44O6. The van der Waals surface area contributed by atoms with E-state index in [-0.39, 0.29) is 16.9 Å². The maximum absolute atomic E-state index is 11.6. The lowest BCUT2D eigenvalue weighted by atomic mass is 10.1. The number of carbonyl (C=O) groups is 2. The number of aryl methyl sites for hydroxylation is 1. The number of hydrogen-bond acceptors (Lipinski definition) is 5. The van der Waals surface area contributed by atoms with E-state index in [9.17, 15) is 14.7 Å². The molecule has 0 heterocycles. The summed E-state index contributed by atoms with van der Waals surface area (Å²) in [7, 11) is 0. The van der Waals surface area contributed by atoms with Gasteiger partial charge >= 0.3 is 11.9 Å². The highest BCUT2D eigenvalue weighted by atomic mass is 16.5. The number of para-hydroxylation sites is 2. The normalized spacial score (nSPS) is 10.3. The van der Waals surface area contributed by atoms with Gasteiger partial charge in [-0.3, -0.25) is 0 Å². The fourth-order valence-corrected chi connectivity index (χ4v) is 3.68. The highest BCUT2D eigenvalue weighted by Gasteiger charge is 2.14. The number of phenolic OH excluding ortho intramolecular Hbond substituents is 1. The van der Waals surface area contributed by atoms with Gasteiger partial charge in [-0.05, 0) is 43.0 Å². The van der Waals surface area contributed by atoms with Gasteiger partial charge in [-0.15, -0.1) is 0 Å². The second kappa shape index (κ2) is 19.2. The number of esters is 1. The molecule has 0 unspecified atom stereocenters. The SMILES string of the molecule is CCCCCCCCOC(=O)c1ccccc1O.CCCCCCOc1c(CC)cccc1C(=O)O. The molecule has 0 aliphatic rings. The third-order valence-electron chi connectivity index (χ3n) is 5.81. The fourth-order valence-electron chi connectivity index (χ4n) is 3.68. The van der Waals surface area contributed by atoms with E-state index in [1.165, 1.54) is 44.6 Å². The lowest BCUT2D eigenvalue weighted by Gasteiger charge is -2.13. The Labute approximate surface area is 216 Å². The molecule has 2 aromatic carbocycles. The molecule has 2 aromatic rings. The van der Waals surface area contributed by atoms with E-state index < -0.39 is 11.9 Å². The van der Waals surface area contributed by atoms with Gasteiger partial charge in [-0.2, -0.15) is 0 Å². The molecule has 0 saturated carbocycles. The van der Waals surface area contributed by atoms with Crippen molar-refractivity contribution >= 4 is 11.9 Å². The Morgan fingerprint density at radius 3 is 1.94 bits per heavy atom. The van der Waals surface area contributed by atoms with Crippen LogP contribution in [0.4, 0.5) is 0 Å². The van der Waals surface area contributed by atoms with Gasteiger partial charge < -0.3 is 19.7 Å². The number of phenols is 1. The zero-order valence-corrected chi connectivity index (χ0v) is 22.3. The van der Waals surface area contributed by atoms with Crippen LogP contribution in [0, 0.1) is 0 Å². The fraction of sp³-hybridized carbons (Fsp3) is 0.533. The van der Waals surface area contributed by atoms with Crippen LogP contribution in [0.15, 0.2) is 42.5 Å². The summed E-state index contributed by atoms with van der Waals surface area (Å²) in [5.74, 6) is -0.843. The molecule has 2 N–H and O–H groups in total. The Morgan fingerprint density at radius 2 is 1.31 bits per heavy atom. The summed E-state index contributed by atoms with van der Waals surface area (Å²) in [6.45, 7) is 7.38. The maximum Gasteiger partial charge on any atom is 0.341 e. The predicted octanol–water partition coefficient (Wildman–Crippen LogP) is 7.82. The number of carboxylic acids is 1. The van der Waals surface area contributed by atoms with Gasteiger partial charge in [0, 0.05) is 0 Å². The highest BCUT2D eigenvalue weighted by molar-refractivity contribution is 5.92. The average Bonchev–Trinajstić information content (AvgIpc) is 2.88. The van der Waals surface area contributed by atoms with E-state index in [4.69, 9.17) is 14.6 Å². The number of carbonyl (C=O) groups excluding carboxylic acids is 1. The van der Waals surface area contributed by atoms with Crippen LogP contribution in [0.1, 0.15) is 111 Å².